The van der Waals surface area contributed by atoms with Crippen LogP contribution in [-0.2, 0) is 4.74 Å². The van der Waals surface area contributed by atoms with E-state index in [-0.39, 0.29) is 17.6 Å². The third kappa shape index (κ3) is 3.13. The summed E-state index contributed by atoms with van der Waals surface area (Å²) in [6.45, 7) is 3.17. The maximum Gasteiger partial charge on any atom is 0.310 e. The molecular formula is C14H18N2O5. The molecule has 21 heavy (non-hydrogen) atoms. The summed E-state index contributed by atoms with van der Waals surface area (Å²) in [7, 11) is 1.62. The average Bonchev–Trinajstić information content (AvgIpc) is 2.46. The van der Waals surface area contributed by atoms with Crippen LogP contribution >= 0.6 is 0 Å². The number of aromatic hydroxyl groups is 1. The van der Waals surface area contributed by atoms with Gasteiger partial charge in [-0.25, -0.2) is 0 Å². The van der Waals surface area contributed by atoms with E-state index < -0.39 is 16.4 Å². The number of hydrogen-bond donors (Lipinski definition) is 1. The lowest BCUT2D eigenvalue weighted by atomic mass is 9.95. The first-order valence-corrected chi connectivity index (χ1v) is 6.73. The molecule has 0 radical (unpaired) electrons. The molecule has 1 aliphatic heterocycles. The molecule has 7 nitrogen and oxygen atoms in total. The summed E-state index contributed by atoms with van der Waals surface area (Å²) in [4.78, 5) is 24.0. The third-order valence-electron chi connectivity index (χ3n) is 3.90. The topological polar surface area (TPSA) is 92.9 Å². The standard InChI is InChI=1S/C14H18N2O5/c1-9-5-6-15(8-13(9)21-2)14(18)10-3-4-11(16(19)20)12(17)7-10/h3-4,7,9,13,17H,5-6,8H2,1-2H3. The van der Waals surface area contributed by atoms with Crippen LogP contribution in [0.2, 0.25) is 0 Å². The lowest BCUT2D eigenvalue weighted by Crippen LogP contribution is -2.46. The summed E-state index contributed by atoms with van der Waals surface area (Å²) >= 11 is 0. The predicted octanol–water partition coefficient (Wildman–Crippen LogP) is 1.80. The van der Waals surface area contributed by atoms with Gasteiger partial charge >= 0.3 is 5.69 Å². The van der Waals surface area contributed by atoms with Crippen LogP contribution in [0.1, 0.15) is 23.7 Å². The Kier molecular flexibility index (Phi) is 4.42. The first-order valence-electron chi connectivity index (χ1n) is 6.73. The van der Waals surface area contributed by atoms with E-state index in [4.69, 9.17) is 4.74 Å². The Morgan fingerprint density at radius 2 is 2.24 bits per heavy atom. The summed E-state index contributed by atoms with van der Waals surface area (Å²) < 4.78 is 5.36. The molecule has 0 bridgehead atoms. The van der Waals surface area contributed by atoms with Crippen molar-refractivity contribution in [3.05, 3.63) is 33.9 Å². The number of ether oxygens (including phenoxy) is 1. The second-order valence-corrected chi connectivity index (χ2v) is 5.25. The zero-order chi connectivity index (χ0) is 15.6. The average molecular weight is 294 g/mol. The molecule has 1 saturated heterocycles. The van der Waals surface area contributed by atoms with Crippen molar-refractivity contribution in [2.45, 2.75) is 19.4 Å². The number of carbonyl (C=O) groups is 1. The van der Waals surface area contributed by atoms with Crippen molar-refractivity contribution in [3.63, 3.8) is 0 Å². The van der Waals surface area contributed by atoms with Crippen LogP contribution in [0.15, 0.2) is 18.2 Å². The number of likely N-dealkylation sites (tertiary alicyclic amines) is 1. The molecule has 2 rings (SSSR count). The number of benzene rings is 1. The molecule has 7 heteroatoms. The Morgan fingerprint density at radius 3 is 2.81 bits per heavy atom. The number of piperidine rings is 1. The molecule has 114 valence electrons. The van der Waals surface area contributed by atoms with Gasteiger partial charge in [0.15, 0.2) is 5.75 Å². The second-order valence-electron chi connectivity index (χ2n) is 5.25. The highest BCUT2D eigenvalue weighted by atomic mass is 16.6. The van der Waals surface area contributed by atoms with Gasteiger partial charge in [0.25, 0.3) is 5.91 Å². The number of hydrogen-bond acceptors (Lipinski definition) is 5. The highest BCUT2D eigenvalue weighted by Gasteiger charge is 2.29. The molecule has 2 atom stereocenters. The number of amides is 1. The molecule has 0 aromatic heterocycles. The Balaban J connectivity index is 2.17. The van der Waals surface area contributed by atoms with Crippen LogP contribution < -0.4 is 0 Å². The number of carbonyl (C=O) groups excluding carboxylic acids is 1. The normalized spacial score (nSPS) is 22.1. The number of rotatable bonds is 3. The minimum atomic E-state index is -0.687. The summed E-state index contributed by atoms with van der Waals surface area (Å²) in [5.74, 6) is -0.377. The lowest BCUT2D eigenvalue weighted by molar-refractivity contribution is -0.385. The highest BCUT2D eigenvalue weighted by Crippen LogP contribution is 2.28. The highest BCUT2D eigenvalue weighted by molar-refractivity contribution is 5.95. The van der Waals surface area contributed by atoms with Gasteiger partial charge in [-0.1, -0.05) is 6.92 Å². The van der Waals surface area contributed by atoms with Crippen LogP contribution in [0.4, 0.5) is 5.69 Å². The summed E-state index contributed by atoms with van der Waals surface area (Å²) in [6.07, 6.45) is 0.817. The maximum absolute atomic E-state index is 12.4. The van der Waals surface area contributed by atoms with Gasteiger partial charge in [-0.2, -0.15) is 0 Å². The van der Waals surface area contributed by atoms with Gasteiger partial charge in [-0.15, -0.1) is 0 Å². The van der Waals surface area contributed by atoms with E-state index in [2.05, 4.69) is 6.92 Å². The zero-order valence-electron chi connectivity index (χ0n) is 12.0. The lowest BCUT2D eigenvalue weighted by Gasteiger charge is -2.36. The van der Waals surface area contributed by atoms with Crippen molar-refractivity contribution in [3.8, 4) is 5.75 Å². The quantitative estimate of drug-likeness (QED) is 0.677. The fourth-order valence-electron chi connectivity index (χ4n) is 2.52. The molecule has 1 N–H and O–H groups in total. The Labute approximate surface area is 122 Å². The van der Waals surface area contributed by atoms with Gasteiger partial charge in [-0.05, 0) is 24.5 Å². The van der Waals surface area contributed by atoms with Gasteiger partial charge in [0.1, 0.15) is 0 Å². The second kappa shape index (κ2) is 6.09. The molecule has 1 amide bonds. The minimum absolute atomic E-state index is 0.0191. The third-order valence-corrected chi connectivity index (χ3v) is 3.90. The van der Waals surface area contributed by atoms with Crippen LogP contribution in [-0.4, -0.2) is 47.1 Å². The molecule has 0 saturated carbocycles. The van der Waals surface area contributed by atoms with E-state index in [9.17, 15) is 20.0 Å². The molecule has 0 spiro atoms. The number of phenols is 1. The molecular weight excluding hydrogens is 276 g/mol. The number of methoxy groups -OCH3 is 1. The number of nitro benzene ring substituents is 1. The van der Waals surface area contributed by atoms with E-state index in [0.717, 1.165) is 18.6 Å². The van der Waals surface area contributed by atoms with Crippen LogP contribution in [0.3, 0.4) is 0 Å². The van der Waals surface area contributed by atoms with Gasteiger partial charge in [0, 0.05) is 31.8 Å². The molecule has 1 aliphatic rings. The van der Waals surface area contributed by atoms with Gasteiger partial charge < -0.3 is 14.7 Å². The Bertz CT molecular complexity index is 560. The van der Waals surface area contributed by atoms with Crippen molar-refractivity contribution in [2.75, 3.05) is 20.2 Å². The van der Waals surface area contributed by atoms with Crippen molar-refractivity contribution in [1.29, 1.82) is 0 Å². The van der Waals surface area contributed by atoms with Gasteiger partial charge in [0.2, 0.25) is 0 Å². The number of nitrogens with zero attached hydrogens (tertiary/aromatic N) is 2. The predicted molar refractivity (Wildman–Crippen MR) is 75.2 cm³/mol. The van der Waals surface area contributed by atoms with Crippen molar-refractivity contribution in [2.24, 2.45) is 5.92 Å². The summed E-state index contributed by atoms with van der Waals surface area (Å²) in [5, 5.41) is 20.3. The first kappa shape index (κ1) is 15.2. The van der Waals surface area contributed by atoms with E-state index in [1.807, 2.05) is 0 Å². The molecule has 1 aromatic rings. The van der Waals surface area contributed by atoms with Crippen molar-refractivity contribution in [1.82, 2.24) is 4.90 Å². The largest absolute Gasteiger partial charge is 0.502 e. The van der Waals surface area contributed by atoms with E-state index in [0.29, 0.717) is 19.0 Å². The smallest absolute Gasteiger partial charge is 0.310 e. The number of phenolic OH excluding ortho intramolecular Hbond substituents is 1. The molecule has 1 fully saturated rings. The fourth-order valence-corrected chi connectivity index (χ4v) is 2.52. The van der Waals surface area contributed by atoms with E-state index in [1.165, 1.54) is 6.07 Å². The molecule has 0 aliphatic carbocycles. The van der Waals surface area contributed by atoms with Gasteiger partial charge in [0.05, 0.1) is 11.0 Å². The Morgan fingerprint density at radius 1 is 1.52 bits per heavy atom. The fraction of sp³-hybridized carbons (Fsp3) is 0.500. The van der Waals surface area contributed by atoms with E-state index >= 15 is 0 Å². The number of nitro groups is 1. The van der Waals surface area contributed by atoms with Crippen LogP contribution in [0, 0.1) is 16.0 Å². The molecule has 1 heterocycles. The molecule has 1 aromatic carbocycles. The van der Waals surface area contributed by atoms with Gasteiger partial charge in [-0.3, -0.25) is 14.9 Å². The minimum Gasteiger partial charge on any atom is -0.502 e. The summed E-state index contributed by atoms with van der Waals surface area (Å²) in [5.41, 5.74) is -0.170. The van der Waals surface area contributed by atoms with E-state index in [1.54, 1.807) is 12.0 Å². The monoisotopic (exact) mass is 294 g/mol. The van der Waals surface area contributed by atoms with Crippen molar-refractivity contribution >= 4 is 11.6 Å². The van der Waals surface area contributed by atoms with Crippen molar-refractivity contribution < 1.29 is 19.6 Å². The first-order chi connectivity index (χ1) is 9.93. The maximum atomic E-state index is 12.4. The van der Waals surface area contributed by atoms with Crippen LogP contribution in [0.5, 0.6) is 5.75 Å². The Hall–Kier alpha value is -2.15. The SMILES string of the molecule is COC1CN(C(=O)c2ccc([N+](=O)[O-])c(O)c2)CCC1C. The van der Waals surface area contributed by atoms with Crippen LogP contribution in [0.25, 0.3) is 0 Å². The zero-order valence-corrected chi connectivity index (χ0v) is 12.0. The molecule has 2 unspecified atom stereocenters. The summed E-state index contributed by atoms with van der Waals surface area (Å²) in [6, 6.07) is 3.64.